The maximum Gasteiger partial charge on any atom is 0.191 e. The highest BCUT2D eigenvalue weighted by Gasteiger charge is 2.30. The number of rotatable bonds is 4. The van der Waals surface area contributed by atoms with Crippen LogP contribution in [0.4, 0.5) is 0 Å². The van der Waals surface area contributed by atoms with E-state index in [0.717, 1.165) is 29.9 Å². The highest BCUT2D eigenvalue weighted by Crippen LogP contribution is 2.26. The fourth-order valence-corrected chi connectivity index (χ4v) is 4.14. The Hall–Kier alpha value is -2.08. The molecule has 2 aromatic rings. The molecule has 25 heavy (non-hydrogen) atoms. The zero-order valence-electron chi connectivity index (χ0n) is 15.0. The van der Waals surface area contributed by atoms with Crippen molar-refractivity contribution in [3.8, 4) is 0 Å². The van der Waals surface area contributed by atoms with Crippen LogP contribution < -0.4 is 10.6 Å². The van der Waals surface area contributed by atoms with Crippen molar-refractivity contribution < 1.29 is 0 Å². The number of fused-ring (bicyclic) bond motifs is 1. The summed E-state index contributed by atoms with van der Waals surface area (Å²) in [5.41, 5.74) is 2.00. The molecule has 0 bridgehead atoms. The van der Waals surface area contributed by atoms with Crippen molar-refractivity contribution in [3.05, 3.63) is 36.3 Å². The molecule has 6 heteroatoms. The summed E-state index contributed by atoms with van der Waals surface area (Å²) in [4.78, 5) is 11.7. The lowest BCUT2D eigenvalue weighted by Gasteiger charge is -2.24. The Bertz CT molecular complexity index is 697. The average molecular weight is 340 g/mol. The van der Waals surface area contributed by atoms with Crippen molar-refractivity contribution >= 4 is 11.6 Å². The predicted octanol–water partition coefficient (Wildman–Crippen LogP) is 2.02. The van der Waals surface area contributed by atoms with Gasteiger partial charge in [-0.3, -0.25) is 9.89 Å². The van der Waals surface area contributed by atoms with Crippen LogP contribution in [0.5, 0.6) is 0 Å². The smallest absolute Gasteiger partial charge is 0.191 e. The third kappa shape index (κ3) is 3.79. The largest absolute Gasteiger partial charge is 0.352 e. The van der Waals surface area contributed by atoms with Crippen molar-refractivity contribution in [1.82, 2.24) is 24.9 Å². The standard InChI is InChI=1S/C19H28N6/c1-20-19(21-12-16-14-25-10-5-4-8-18(25)22-16)23-15-9-11-24(13-15)17-6-2-3-7-17/h4-5,8,10,14-15,17H,2-3,6-7,9,11-13H2,1H3,(H2,20,21,23). The third-order valence-electron chi connectivity index (χ3n) is 5.48. The second-order valence-corrected chi connectivity index (χ2v) is 7.19. The van der Waals surface area contributed by atoms with Crippen molar-refractivity contribution in [3.63, 3.8) is 0 Å². The van der Waals surface area contributed by atoms with Crippen molar-refractivity contribution in [1.29, 1.82) is 0 Å². The molecule has 0 aromatic carbocycles. The number of likely N-dealkylation sites (tertiary alicyclic amines) is 1. The molecule has 2 N–H and O–H groups in total. The van der Waals surface area contributed by atoms with E-state index >= 15 is 0 Å². The number of hydrogen-bond donors (Lipinski definition) is 2. The number of nitrogens with zero attached hydrogens (tertiary/aromatic N) is 4. The summed E-state index contributed by atoms with van der Waals surface area (Å²) in [7, 11) is 1.84. The normalized spacial score (nSPS) is 22.8. The van der Waals surface area contributed by atoms with Crippen LogP contribution in [-0.2, 0) is 6.54 Å². The lowest BCUT2D eigenvalue weighted by atomic mass is 10.2. The van der Waals surface area contributed by atoms with Crippen LogP contribution in [0.1, 0.15) is 37.8 Å². The molecule has 2 aromatic heterocycles. The van der Waals surface area contributed by atoms with E-state index in [0.29, 0.717) is 12.6 Å². The minimum atomic E-state index is 0.493. The number of pyridine rings is 1. The quantitative estimate of drug-likeness (QED) is 0.660. The molecular formula is C19H28N6. The van der Waals surface area contributed by atoms with Crippen molar-refractivity contribution in [2.45, 2.75) is 50.7 Å². The van der Waals surface area contributed by atoms with E-state index in [1.54, 1.807) is 0 Å². The van der Waals surface area contributed by atoms with Gasteiger partial charge in [-0.2, -0.15) is 0 Å². The summed E-state index contributed by atoms with van der Waals surface area (Å²) in [6, 6.07) is 7.36. The van der Waals surface area contributed by atoms with E-state index in [-0.39, 0.29) is 0 Å². The number of imidazole rings is 1. The monoisotopic (exact) mass is 340 g/mol. The maximum atomic E-state index is 4.62. The molecule has 1 saturated heterocycles. The molecule has 0 spiro atoms. The molecule has 1 unspecified atom stereocenters. The fraction of sp³-hybridized carbons (Fsp3) is 0.579. The highest BCUT2D eigenvalue weighted by molar-refractivity contribution is 5.80. The molecule has 1 aliphatic heterocycles. The van der Waals surface area contributed by atoms with Crippen LogP contribution >= 0.6 is 0 Å². The summed E-state index contributed by atoms with van der Waals surface area (Å²) in [5.74, 6) is 0.871. The van der Waals surface area contributed by atoms with Gasteiger partial charge in [-0.15, -0.1) is 0 Å². The number of nitrogens with one attached hydrogen (secondary N) is 2. The van der Waals surface area contributed by atoms with Gasteiger partial charge < -0.3 is 15.0 Å². The lowest BCUT2D eigenvalue weighted by Crippen LogP contribution is -2.45. The Labute approximate surface area is 149 Å². The van der Waals surface area contributed by atoms with E-state index in [9.17, 15) is 0 Å². The molecule has 1 aliphatic carbocycles. The van der Waals surface area contributed by atoms with E-state index in [1.807, 2.05) is 35.8 Å². The van der Waals surface area contributed by atoms with Crippen LogP contribution in [-0.4, -0.2) is 52.5 Å². The van der Waals surface area contributed by atoms with Crippen LogP contribution in [0, 0.1) is 0 Å². The van der Waals surface area contributed by atoms with Crippen molar-refractivity contribution in [2.24, 2.45) is 4.99 Å². The van der Waals surface area contributed by atoms with Gasteiger partial charge in [0.2, 0.25) is 0 Å². The molecule has 2 fully saturated rings. The van der Waals surface area contributed by atoms with E-state index < -0.39 is 0 Å². The Balaban J connectivity index is 1.29. The van der Waals surface area contributed by atoms with Crippen LogP contribution in [0.25, 0.3) is 5.65 Å². The Morgan fingerprint density at radius 2 is 2.16 bits per heavy atom. The van der Waals surface area contributed by atoms with Gasteiger partial charge in [0.25, 0.3) is 0 Å². The molecule has 0 radical (unpaired) electrons. The summed E-state index contributed by atoms with van der Waals surface area (Å²) in [5, 5.41) is 6.99. The van der Waals surface area contributed by atoms with Gasteiger partial charge in [-0.25, -0.2) is 4.98 Å². The van der Waals surface area contributed by atoms with E-state index in [2.05, 4.69) is 31.7 Å². The molecule has 0 amide bonds. The lowest BCUT2D eigenvalue weighted by molar-refractivity contribution is 0.242. The first-order chi connectivity index (χ1) is 12.3. The number of aromatic nitrogens is 2. The van der Waals surface area contributed by atoms with Crippen LogP contribution in [0.15, 0.2) is 35.6 Å². The molecule has 134 valence electrons. The Morgan fingerprint density at radius 3 is 2.96 bits per heavy atom. The molecule has 4 rings (SSSR count). The zero-order valence-corrected chi connectivity index (χ0v) is 15.0. The molecule has 1 saturated carbocycles. The minimum absolute atomic E-state index is 0.493. The number of guanidine groups is 1. The Kier molecular flexibility index (Phi) is 4.88. The van der Waals surface area contributed by atoms with Crippen molar-refractivity contribution in [2.75, 3.05) is 20.1 Å². The Morgan fingerprint density at radius 1 is 1.28 bits per heavy atom. The SMILES string of the molecule is CN=C(NCc1cn2ccccc2n1)NC1CCN(C2CCCC2)C1. The van der Waals surface area contributed by atoms with Gasteiger partial charge in [0.1, 0.15) is 5.65 Å². The molecule has 6 nitrogen and oxygen atoms in total. The van der Waals surface area contributed by atoms with E-state index in [1.165, 1.54) is 38.6 Å². The first-order valence-corrected chi connectivity index (χ1v) is 9.45. The van der Waals surface area contributed by atoms with Gasteiger partial charge in [0.15, 0.2) is 5.96 Å². The maximum absolute atomic E-state index is 4.62. The predicted molar refractivity (Wildman–Crippen MR) is 101 cm³/mol. The molecule has 1 atom stereocenters. The van der Waals surface area contributed by atoms with Crippen LogP contribution in [0.2, 0.25) is 0 Å². The molecule has 3 heterocycles. The average Bonchev–Trinajstić information content (AvgIpc) is 3.38. The summed E-state index contributed by atoms with van der Waals surface area (Å²) in [6.45, 7) is 3.03. The molecular weight excluding hydrogens is 312 g/mol. The number of aliphatic imine (C=N–C) groups is 1. The van der Waals surface area contributed by atoms with E-state index in [4.69, 9.17) is 0 Å². The second-order valence-electron chi connectivity index (χ2n) is 7.19. The molecule has 2 aliphatic rings. The van der Waals surface area contributed by atoms with Gasteiger partial charge in [0, 0.05) is 44.6 Å². The summed E-state index contributed by atoms with van der Waals surface area (Å²) < 4.78 is 2.05. The first-order valence-electron chi connectivity index (χ1n) is 9.45. The van der Waals surface area contributed by atoms with Gasteiger partial charge >= 0.3 is 0 Å². The van der Waals surface area contributed by atoms with Gasteiger partial charge in [-0.1, -0.05) is 18.9 Å². The highest BCUT2D eigenvalue weighted by atomic mass is 15.3. The van der Waals surface area contributed by atoms with Gasteiger partial charge in [-0.05, 0) is 31.4 Å². The zero-order chi connectivity index (χ0) is 17.1. The topological polar surface area (TPSA) is 57.0 Å². The minimum Gasteiger partial charge on any atom is -0.352 e. The summed E-state index contributed by atoms with van der Waals surface area (Å²) in [6.07, 6.45) is 10.9. The first kappa shape index (κ1) is 16.4. The summed E-state index contributed by atoms with van der Waals surface area (Å²) >= 11 is 0. The number of hydrogen-bond acceptors (Lipinski definition) is 3. The third-order valence-corrected chi connectivity index (χ3v) is 5.48. The van der Waals surface area contributed by atoms with Gasteiger partial charge in [0.05, 0.1) is 12.2 Å². The second kappa shape index (κ2) is 7.44. The van der Waals surface area contributed by atoms with Crippen LogP contribution in [0.3, 0.4) is 0 Å². The fourth-order valence-electron chi connectivity index (χ4n) is 4.14.